The number of para-hydroxylation sites is 1. The molecule has 0 atom stereocenters. The number of primary amides is 1. The first-order chi connectivity index (χ1) is 12.5. The third-order valence-corrected chi connectivity index (χ3v) is 4.44. The number of nitrogens with one attached hydrogen (secondary N) is 2. The van der Waals surface area contributed by atoms with Crippen LogP contribution in [0.25, 0.3) is 17.0 Å². The first kappa shape index (κ1) is 17.8. The normalized spacial score (nSPS) is 11.8. The summed E-state index contributed by atoms with van der Waals surface area (Å²) in [4.78, 5) is 14.3. The van der Waals surface area contributed by atoms with Crippen LogP contribution in [-0.2, 0) is 17.8 Å². The minimum Gasteiger partial charge on any atom is -0.503 e. The van der Waals surface area contributed by atoms with E-state index < -0.39 is 11.7 Å². The molecule has 26 heavy (non-hydrogen) atoms. The molecule has 0 aliphatic rings. The van der Waals surface area contributed by atoms with E-state index in [0.29, 0.717) is 0 Å². The van der Waals surface area contributed by atoms with Crippen LogP contribution in [0.15, 0.2) is 54.3 Å². The van der Waals surface area contributed by atoms with Crippen molar-refractivity contribution < 1.29 is 9.90 Å². The van der Waals surface area contributed by atoms with Gasteiger partial charge in [0.25, 0.3) is 5.91 Å². The number of hydrogen-bond acceptors (Lipinski definition) is 3. The number of fused-ring (bicyclic) bond motifs is 1. The summed E-state index contributed by atoms with van der Waals surface area (Å²) in [6.45, 7) is 3.75. The van der Waals surface area contributed by atoms with Crippen molar-refractivity contribution in [2.75, 3.05) is 6.54 Å². The number of aromatic nitrogens is 1. The fourth-order valence-corrected chi connectivity index (χ4v) is 3.06. The number of carbonyl (C=O) groups excluding carboxylic acids is 1. The van der Waals surface area contributed by atoms with Gasteiger partial charge in [-0.15, -0.1) is 0 Å². The van der Waals surface area contributed by atoms with Crippen molar-refractivity contribution in [3.05, 3.63) is 76.7 Å². The molecule has 1 aromatic heterocycles. The molecule has 0 saturated heterocycles. The van der Waals surface area contributed by atoms with Crippen molar-refractivity contribution in [3.8, 4) is 0 Å². The number of carbonyl (C=O) groups is 1. The second kappa shape index (κ2) is 7.89. The van der Waals surface area contributed by atoms with E-state index in [0.717, 1.165) is 30.6 Å². The van der Waals surface area contributed by atoms with Crippen LogP contribution in [0, 0.1) is 6.92 Å². The average Bonchev–Trinajstić information content (AvgIpc) is 2.95. The molecule has 0 saturated carbocycles. The maximum Gasteiger partial charge on any atom is 0.283 e. The molecule has 0 spiro atoms. The Bertz CT molecular complexity index is 940. The molecule has 5 N–H and O–H groups in total. The number of nitrogens with two attached hydrogens (primary N) is 1. The Hall–Kier alpha value is -3.05. The molecule has 0 aliphatic carbocycles. The van der Waals surface area contributed by atoms with E-state index in [-0.39, 0.29) is 0 Å². The Balaban J connectivity index is 1.54. The Kier molecular flexibility index (Phi) is 5.39. The largest absolute Gasteiger partial charge is 0.503 e. The molecule has 3 rings (SSSR count). The van der Waals surface area contributed by atoms with Gasteiger partial charge in [0.15, 0.2) is 5.76 Å². The van der Waals surface area contributed by atoms with Crippen LogP contribution < -0.4 is 11.1 Å². The first-order valence-electron chi connectivity index (χ1n) is 8.61. The van der Waals surface area contributed by atoms with E-state index >= 15 is 0 Å². The predicted molar refractivity (Wildman–Crippen MR) is 105 cm³/mol. The van der Waals surface area contributed by atoms with Gasteiger partial charge in [-0.25, -0.2) is 0 Å². The van der Waals surface area contributed by atoms with E-state index in [4.69, 9.17) is 5.73 Å². The zero-order chi connectivity index (χ0) is 18.5. The van der Waals surface area contributed by atoms with Gasteiger partial charge in [-0.3, -0.25) is 4.79 Å². The number of aliphatic hydroxyl groups excluding tert-OH is 1. The van der Waals surface area contributed by atoms with Gasteiger partial charge in [0.05, 0.1) is 0 Å². The van der Waals surface area contributed by atoms with Gasteiger partial charge in [-0.05, 0) is 48.7 Å². The number of aryl methyl sites for hydroxylation is 1. The summed E-state index contributed by atoms with van der Waals surface area (Å²) in [6.07, 6.45) is 2.32. The topological polar surface area (TPSA) is 91.1 Å². The number of aromatic amines is 1. The zero-order valence-corrected chi connectivity index (χ0v) is 14.8. The number of benzene rings is 2. The highest BCUT2D eigenvalue weighted by Gasteiger charge is 2.07. The van der Waals surface area contributed by atoms with Gasteiger partial charge >= 0.3 is 0 Å². The second-order valence-corrected chi connectivity index (χ2v) is 6.34. The number of amides is 1. The summed E-state index contributed by atoms with van der Waals surface area (Å²) >= 11 is 0. The van der Waals surface area contributed by atoms with E-state index in [1.807, 2.05) is 30.3 Å². The van der Waals surface area contributed by atoms with E-state index in [1.165, 1.54) is 28.2 Å². The molecular formula is C21H23N3O2. The van der Waals surface area contributed by atoms with Crippen molar-refractivity contribution in [3.63, 3.8) is 0 Å². The Labute approximate surface area is 152 Å². The lowest BCUT2D eigenvalue weighted by Gasteiger charge is -2.06. The number of hydrogen-bond donors (Lipinski definition) is 4. The van der Waals surface area contributed by atoms with Crippen LogP contribution in [0.1, 0.15) is 22.4 Å². The zero-order valence-electron chi connectivity index (χ0n) is 14.8. The number of rotatable bonds is 7. The summed E-state index contributed by atoms with van der Waals surface area (Å²) in [5.41, 5.74) is 10.6. The molecule has 1 amide bonds. The molecule has 3 aromatic rings. The van der Waals surface area contributed by atoms with E-state index in [1.54, 1.807) is 0 Å². The molecule has 0 bridgehead atoms. The Morgan fingerprint density at radius 3 is 2.65 bits per heavy atom. The van der Waals surface area contributed by atoms with Crippen LogP contribution in [0.2, 0.25) is 0 Å². The van der Waals surface area contributed by atoms with Gasteiger partial charge in [0.1, 0.15) is 0 Å². The molecule has 5 nitrogen and oxygen atoms in total. The summed E-state index contributed by atoms with van der Waals surface area (Å²) in [6, 6.07) is 16.0. The fraction of sp³-hybridized carbons (Fsp3) is 0.190. The summed E-state index contributed by atoms with van der Waals surface area (Å²) in [7, 11) is 0. The van der Waals surface area contributed by atoms with E-state index in [2.05, 4.69) is 35.4 Å². The quantitative estimate of drug-likeness (QED) is 0.300. The average molecular weight is 349 g/mol. The summed E-state index contributed by atoms with van der Waals surface area (Å²) < 4.78 is 0. The monoisotopic (exact) mass is 349 g/mol. The van der Waals surface area contributed by atoms with Crippen LogP contribution >= 0.6 is 0 Å². The van der Waals surface area contributed by atoms with Crippen molar-refractivity contribution in [1.82, 2.24) is 10.3 Å². The third-order valence-electron chi connectivity index (χ3n) is 4.44. The molecular weight excluding hydrogens is 326 g/mol. The lowest BCUT2D eigenvalue weighted by molar-refractivity contribution is -0.116. The second-order valence-electron chi connectivity index (χ2n) is 6.34. The molecule has 0 aliphatic heterocycles. The minimum atomic E-state index is -0.830. The molecule has 1 heterocycles. The minimum absolute atomic E-state index is 0.440. The Morgan fingerprint density at radius 2 is 1.92 bits per heavy atom. The number of H-pyrrole nitrogens is 1. The lowest BCUT2D eigenvalue weighted by atomic mass is 10.1. The predicted octanol–water partition coefficient (Wildman–Crippen LogP) is 3.19. The standard InChI is InChI=1S/C21H23N3O2/c1-14-17(18-4-2-3-5-19(18)24-14)10-11-23-13-16-8-6-15(7-9-16)12-20(25)21(22)26/h2-9,12,23-25H,10-11,13H2,1H3,(H2,22,26)/b20-12+. The lowest BCUT2D eigenvalue weighted by Crippen LogP contribution is -2.16. The smallest absolute Gasteiger partial charge is 0.283 e. The summed E-state index contributed by atoms with van der Waals surface area (Å²) in [5.74, 6) is -1.27. The van der Waals surface area contributed by atoms with Gasteiger partial charge in [-0.2, -0.15) is 0 Å². The SMILES string of the molecule is Cc1[nH]c2ccccc2c1CCNCc1ccc(/C=C(/O)C(N)=O)cc1. The summed E-state index contributed by atoms with van der Waals surface area (Å²) in [5, 5.41) is 14.1. The highest BCUT2D eigenvalue weighted by molar-refractivity contribution is 5.93. The Morgan fingerprint density at radius 1 is 1.19 bits per heavy atom. The third kappa shape index (κ3) is 4.13. The molecule has 5 heteroatoms. The van der Waals surface area contributed by atoms with Crippen molar-refractivity contribution in [1.29, 1.82) is 0 Å². The van der Waals surface area contributed by atoms with Crippen LogP contribution in [0.4, 0.5) is 0 Å². The molecule has 0 fully saturated rings. The van der Waals surface area contributed by atoms with Crippen molar-refractivity contribution in [2.45, 2.75) is 19.9 Å². The maximum atomic E-state index is 10.8. The highest BCUT2D eigenvalue weighted by Crippen LogP contribution is 2.21. The van der Waals surface area contributed by atoms with Gasteiger partial charge < -0.3 is 21.1 Å². The molecule has 0 radical (unpaired) electrons. The van der Waals surface area contributed by atoms with Crippen LogP contribution in [0.5, 0.6) is 0 Å². The molecule has 134 valence electrons. The maximum absolute atomic E-state index is 10.8. The highest BCUT2D eigenvalue weighted by atomic mass is 16.3. The molecule has 2 aromatic carbocycles. The number of aliphatic hydroxyl groups is 1. The first-order valence-corrected chi connectivity index (χ1v) is 8.61. The van der Waals surface area contributed by atoms with E-state index in [9.17, 15) is 9.90 Å². The molecule has 0 unspecified atom stereocenters. The van der Waals surface area contributed by atoms with Crippen LogP contribution in [0.3, 0.4) is 0 Å². The fourth-order valence-electron chi connectivity index (χ4n) is 3.06. The van der Waals surface area contributed by atoms with Crippen LogP contribution in [-0.4, -0.2) is 22.5 Å². The van der Waals surface area contributed by atoms with Gasteiger partial charge in [-0.1, -0.05) is 42.5 Å². The van der Waals surface area contributed by atoms with Gasteiger partial charge in [0, 0.05) is 23.1 Å². The van der Waals surface area contributed by atoms with Crippen molar-refractivity contribution in [2.24, 2.45) is 5.73 Å². The van der Waals surface area contributed by atoms with Crippen molar-refractivity contribution >= 4 is 22.9 Å². The van der Waals surface area contributed by atoms with Gasteiger partial charge in [0.2, 0.25) is 0 Å².